The molecule has 0 radical (unpaired) electrons. The van der Waals surface area contributed by atoms with Crippen molar-refractivity contribution in [2.24, 2.45) is 0 Å². The molecule has 2 rings (SSSR count). The molecule has 0 saturated carbocycles. The summed E-state index contributed by atoms with van der Waals surface area (Å²) in [5, 5.41) is 2.91. The fourth-order valence-electron chi connectivity index (χ4n) is 1.93. The molecule has 1 heterocycles. The number of aromatic nitrogens is 1. The first kappa shape index (κ1) is 12.5. The number of aryl methyl sites for hydroxylation is 3. The van der Waals surface area contributed by atoms with E-state index in [0.29, 0.717) is 6.01 Å². The van der Waals surface area contributed by atoms with Crippen LogP contribution < -0.4 is 10.1 Å². The van der Waals surface area contributed by atoms with E-state index in [9.17, 15) is 0 Å². The van der Waals surface area contributed by atoms with Crippen molar-refractivity contribution in [3.05, 3.63) is 41.3 Å². The van der Waals surface area contributed by atoms with Gasteiger partial charge in [0.15, 0.2) is 0 Å². The second-order valence-electron chi connectivity index (χ2n) is 4.08. The molecule has 0 bridgehead atoms. The van der Waals surface area contributed by atoms with Crippen molar-refractivity contribution in [2.75, 3.05) is 19.5 Å². The Kier molecular flexibility index (Phi) is 3.87. The average Bonchev–Trinajstić information content (AvgIpc) is 2.77. The molecule has 0 amide bonds. The van der Waals surface area contributed by atoms with Crippen molar-refractivity contribution in [2.45, 2.75) is 19.8 Å². The number of para-hydroxylation sites is 1. The maximum absolute atomic E-state index is 5.46. The highest BCUT2D eigenvalue weighted by Crippen LogP contribution is 2.21. The van der Waals surface area contributed by atoms with Crippen LogP contribution in [0.5, 0.6) is 5.75 Å². The van der Waals surface area contributed by atoms with Crippen LogP contribution in [0.1, 0.15) is 17.0 Å². The van der Waals surface area contributed by atoms with Crippen molar-refractivity contribution < 1.29 is 9.15 Å². The second kappa shape index (κ2) is 5.58. The summed E-state index contributed by atoms with van der Waals surface area (Å²) < 4.78 is 10.8. The van der Waals surface area contributed by atoms with Gasteiger partial charge in [0.1, 0.15) is 11.5 Å². The lowest BCUT2D eigenvalue weighted by Gasteiger charge is -2.06. The molecule has 0 aliphatic carbocycles. The van der Waals surface area contributed by atoms with Crippen LogP contribution in [0, 0.1) is 6.92 Å². The fraction of sp³-hybridized carbons (Fsp3) is 0.357. The topological polar surface area (TPSA) is 47.3 Å². The summed E-state index contributed by atoms with van der Waals surface area (Å²) in [5.74, 6) is 1.79. The molecule has 1 N–H and O–H groups in total. The normalized spacial score (nSPS) is 10.4. The van der Waals surface area contributed by atoms with E-state index in [2.05, 4.69) is 16.4 Å². The summed E-state index contributed by atoms with van der Waals surface area (Å²) in [6.45, 7) is 1.94. The Morgan fingerprint density at radius 3 is 2.72 bits per heavy atom. The second-order valence-corrected chi connectivity index (χ2v) is 4.08. The van der Waals surface area contributed by atoms with Crippen LogP contribution in [-0.4, -0.2) is 19.1 Å². The highest BCUT2D eigenvalue weighted by molar-refractivity contribution is 5.34. The molecule has 4 nitrogen and oxygen atoms in total. The van der Waals surface area contributed by atoms with Crippen LogP contribution >= 0.6 is 0 Å². The van der Waals surface area contributed by atoms with Gasteiger partial charge >= 0.3 is 0 Å². The quantitative estimate of drug-likeness (QED) is 0.881. The third-order valence-electron chi connectivity index (χ3n) is 2.93. The van der Waals surface area contributed by atoms with Gasteiger partial charge in [-0.2, -0.15) is 4.98 Å². The minimum Gasteiger partial charge on any atom is -0.496 e. The number of oxazole rings is 1. The van der Waals surface area contributed by atoms with E-state index >= 15 is 0 Å². The SMILES string of the molecule is CNc1nc(CCc2ccccc2OC)c(C)o1. The first-order valence-corrected chi connectivity index (χ1v) is 6.00. The fourth-order valence-corrected chi connectivity index (χ4v) is 1.93. The number of benzene rings is 1. The number of hydrogen-bond acceptors (Lipinski definition) is 4. The minimum absolute atomic E-state index is 0.572. The number of nitrogens with one attached hydrogen (secondary N) is 1. The average molecular weight is 246 g/mol. The van der Waals surface area contributed by atoms with Crippen molar-refractivity contribution in [3.63, 3.8) is 0 Å². The molecule has 0 atom stereocenters. The number of ether oxygens (including phenoxy) is 1. The van der Waals surface area contributed by atoms with Gasteiger partial charge < -0.3 is 14.5 Å². The van der Waals surface area contributed by atoms with Gasteiger partial charge in [-0.25, -0.2) is 0 Å². The van der Waals surface area contributed by atoms with Crippen molar-refractivity contribution in [1.82, 2.24) is 4.98 Å². The van der Waals surface area contributed by atoms with Crippen LogP contribution in [-0.2, 0) is 12.8 Å². The molecule has 1 aromatic heterocycles. The molecule has 0 aliphatic rings. The van der Waals surface area contributed by atoms with Crippen molar-refractivity contribution in [3.8, 4) is 5.75 Å². The summed E-state index contributed by atoms with van der Waals surface area (Å²) in [4.78, 5) is 4.38. The van der Waals surface area contributed by atoms with Gasteiger partial charge in [0.2, 0.25) is 0 Å². The van der Waals surface area contributed by atoms with Gasteiger partial charge in [-0.1, -0.05) is 18.2 Å². The zero-order valence-electron chi connectivity index (χ0n) is 11.0. The smallest absolute Gasteiger partial charge is 0.294 e. The molecule has 0 fully saturated rings. The van der Waals surface area contributed by atoms with E-state index in [1.807, 2.05) is 25.1 Å². The minimum atomic E-state index is 0.572. The van der Waals surface area contributed by atoms with Crippen LogP contribution in [0.25, 0.3) is 0 Å². The summed E-state index contributed by atoms with van der Waals surface area (Å²) in [5.41, 5.74) is 2.18. The van der Waals surface area contributed by atoms with Crippen molar-refractivity contribution >= 4 is 6.01 Å². The summed E-state index contributed by atoms with van der Waals surface area (Å²) in [6.07, 6.45) is 1.73. The van der Waals surface area contributed by atoms with E-state index in [-0.39, 0.29) is 0 Å². The molecule has 2 aromatic rings. The zero-order chi connectivity index (χ0) is 13.0. The maximum Gasteiger partial charge on any atom is 0.294 e. The number of rotatable bonds is 5. The first-order valence-electron chi connectivity index (χ1n) is 6.00. The highest BCUT2D eigenvalue weighted by atomic mass is 16.5. The third-order valence-corrected chi connectivity index (χ3v) is 2.93. The molecule has 1 aromatic carbocycles. The lowest BCUT2D eigenvalue weighted by molar-refractivity contribution is 0.409. The Labute approximate surface area is 107 Å². The van der Waals surface area contributed by atoms with Gasteiger partial charge in [-0.15, -0.1) is 0 Å². The van der Waals surface area contributed by atoms with Gasteiger partial charge in [0.25, 0.3) is 6.01 Å². The first-order chi connectivity index (χ1) is 8.74. The van der Waals surface area contributed by atoms with E-state index in [4.69, 9.17) is 9.15 Å². The predicted molar refractivity (Wildman–Crippen MR) is 71.2 cm³/mol. The zero-order valence-corrected chi connectivity index (χ0v) is 11.0. The van der Waals surface area contributed by atoms with Crippen LogP contribution in [0.4, 0.5) is 6.01 Å². The molecule has 0 saturated heterocycles. The lowest BCUT2D eigenvalue weighted by Crippen LogP contribution is -1.97. The number of anilines is 1. The van der Waals surface area contributed by atoms with Gasteiger partial charge in [-0.3, -0.25) is 0 Å². The number of hydrogen-bond donors (Lipinski definition) is 1. The molecule has 0 aliphatic heterocycles. The predicted octanol–water partition coefficient (Wildman–Crippen LogP) is 2.82. The Balaban J connectivity index is 2.08. The molecular weight excluding hydrogens is 228 g/mol. The van der Waals surface area contributed by atoms with Crippen LogP contribution in [0.3, 0.4) is 0 Å². The molecule has 18 heavy (non-hydrogen) atoms. The highest BCUT2D eigenvalue weighted by Gasteiger charge is 2.09. The van der Waals surface area contributed by atoms with Crippen LogP contribution in [0.2, 0.25) is 0 Å². The molecule has 0 unspecified atom stereocenters. The molecular formula is C14H18N2O2. The van der Waals surface area contributed by atoms with E-state index in [1.54, 1.807) is 14.2 Å². The molecule has 96 valence electrons. The van der Waals surface area contributed by atoms with Gasteiger partial charge in [-0.05, 0) is 31.4 Å². The standard InChI is InChI=1S/C14H18N2O2/c1-10-12(16-14(15-2)18-10)9-8-11-6-4-5-7-13(11)17-3/h4-7H,8-9H2,1-3H3,(H,15,16). The van der Waals surface area contributed by atoms with Gasteiger partial charge in [0, 0.05) is 7.05 Å². The molecule has 4 heteroatoms. The lowest BCUT2D eigenvalue weighted by atomic mass is 10.1. The summed E-state index contributed by atoms with van der Waals surface area (Å²) >= 11 is 0. The largest absolute Gasteiger partial charge is 0.496 e. The Morgan fingerprint density at radius 2 is 2.06 bits per heavy atom. The number of nitrogens with zero attached hydrogens (tertiary/aromatic N) is 1. The van der Waals surface area contributed by atoms with Gasteiger partial charge in [0.05, 0.1) is 12.8 Å². The summed E-state index contributed by atoms with van der Waals surface area (Å²) in [7, 11) is 3.49. The Bertz CT molecular complexity index is 520. The third kappa shape index (κ3) is 2.64. The summed E-state index contributed by atoms with van der Waals surface area (Å²) in [6, 6.07) is 8.62. The number of methoxy groups -OCH3 is 1. The van der Waals surface area contributed by atoms with E-state index < -0.39 is 0 Å². The Morgan fingerprint density at radius 1 is 1.28 bits per heavy atom. The monoisotopic (exact) mass is 246 g/mol. The van der Waals surface area contributed by atoms with E-state index in [0.717, 1.165) is 30.0 Å². The van der Waals surface area contributed by atoms with Crippen molar-refractivity contribution in [1.29, 1.82) is 0 Å². The maximum atomic E-state index is 5.46. The molecule has 0 spiro atoms. The van der Waals surface area contributed by atoms with E-state index in [1.165, 1.54) is 5.56 Å². The Hall–Kier alpha value is -1.97. The van der Waals surface area contributed by atoms with Crippen LogP contribution in [0.15, 0.2) is 28.7 Å².